The first-order valence-electron chi connectivity index (χ1n) is 15.0. The van der Waals surface area contributed by atoms with E-state index in [-0.39, 0.29) is 32.1 Å². The molecular weight excluding hydrogens is 629 g/mol. The Bertz CT molecular complexity index is 1600. The Morgan fingerprint density at radius 1 is 0.783 bits per heavy atom. The number of hydrogen-bond donors (Lipinski definition) is 1. The fourth-order valence-electron chi connectivity index (χ4n) is 4.72. The van der Waals surface area contributed by atoms with Crippen LogP contribution in [0, 0.1) is 0 Å². The zero-order chi connectivity index (χ0) is 33.8. The highest BCUT2D eigenvalue weighted by atomic mass is 35.5. The summed E-state index contributed by atoms with van der Waals surface area (Å²) < 4.78 is 17.1. The number of benzene rings is 3. The third-order valence-electron chi connectivity index (χ3n) is 6.77. The second-order valence-corrected chi connectivity index (χ2v) is 14.2. The smallest absolute Gasteiger partial charge is 0.410 e. The molecular formula is C35H41Cl2N3O6. The molecule has 46 heavy (non-hydrogen) atoms. The van der Waals surface area contributed by atoms with E-state index < -0.39 is 29.5 Å². The Labute approximate surface area is 280 Å². The molecule has 3 aromatic rings. The summed E-state index contributed by atoms with van der Waals surface area (Å²) in [6, 6.07) is 18.3. The fraction of sp³-hybridized carbons (Fsp3) is 0.400. The molecule has 3 amide bonds. The van der Waals surface area contributed by atoms with E-state index in [9.17, 15) is 14.4 Å². The molecule has 246 valence electrons. The van der Waals surface area contributed by atoms with E-state index in [1.807, 2.05) is 71.9 Å². The Kier molecular flexibility index (Phi) is 10.8. The number of nitrogens with one attached hydrogen (secondary N) is 1. The molecule has 4 rings (SSSR count). The maximum absolute atomic E-state index is 13.4. The minimum Gasteiger partial charge on any atom is -0.479 e. The molecule has 0 fully saturated rings. The molecule has 1 aliphatic heterocycles. The number of ether oxygens (including phenoxy) is 3. The minimum absolute atomic E-state index is 0.205. The van der Waals surface area contributed by atoms with Crippen LogP contribution in [-0.2, 0) is 40.4 Å². The zero-order valence-corrected chi connectivity index (χ0v) is 28.8. The van der Waals surface area contributed by atoms with Crippen LogP contribution >= 0.6 is 23.2 Å². The van der Waals surface area contributed by atoms with Crippen molar-refractivity contribution in [2.45, 2.75) is 92.0 Å². The summed E-state index contributed by atoms with van der Waals surface area (Å²) in [7, 11) is 0. The summed E-state index contributed by atoms with van der Waals surface area (Å²) in [4.78, 5) is 42.1. The summed E-state index contributed by atoms with van der Waals surface area (Å²) >= 11 is 12.5. The molecule has 0 aromatic heterocycles. The van der Waals surface area contributed by atoms with Gasteiger partial charge in [0.1, 0.15) is 17.0 Å². The van der Waals surface area contributed by atoms with Crippen molar-refractivity contribution in [2.75, 3.05) is 5.32 Å². The van der Waals surface area contributed by atoms with Crippen LogP contribution in [0.2, 0.25) is 10.0 Å². The SMILES string of the molecule is CC1Oc2ccc(CN(Cc3cccc(CN(Cc4ccc(Cl)cc4Cl)C(=O)OC(C)(C)C)c3)C(=O)OC(C)(C)C)cc2NC1=O. The van der Waals surface area contributed by atoms with Gasteiger partial charge in [-0.25, -0.2) is 9.59 Å². The van der Waals surface area contributed by atoms with Crippen molar-refractivity contribution in [2.24, 2.45) is 0 Å². The van der Waals surface area contributed by atoms with Crippen molar-refractivity contribution in [3.63, 3.8) is 0 Å². The fourth-order valence-corrected chi connectivity index (χ4v) is 5.19. The molecule has 0 radical (unpaired) electrons. The van der Waals surface area contributed by atoms with Gasteiger partial charge in [-0.15, -0.1) is 0 Å². The molecule has 9 nitrogen and oxygen atoms in total. The molecule has 0 bridgehead atoms. The van der Waals surface area contributed by atoms with Gasteiger partial charge in [-0.2, -0.15) is 0 Å². The number of amides is 3. The normalized spacial score (nSPS) is 14.5. The molecule has 1 aliphatic rings. The molecule has 11 heteroatoms. The average molecular weight is 671 g/mol. The van der Waals surface area contributed by atoms with Crippen LogP contribution in [0.5, 0.6) is 5.75 Å². The summed E-state index contributed by atoms with van der Waals surface area (Å²) in [5.41, 5.74) is 2.33. The Morgan fingerprint density at radius 2 is 1.33 bits per heavy atom. The van der Waals surface area contributed by atoms with Gasteiger partial charge in [0.15, 0.2) is 6.10 Å². The van der Waals surface area contributed by atoms with Gasteiger partial charge in [0, 0.05) is 29.7 Å². The predicted octanol–water partition coefficient (Wildman–Crippen LogP) is 8.59. The van der Waals surface area contributed by atoms with Crippen LogP contribution < -0.4 is 10.1 Å². The standard InChI is InChI=1S/C35H41Cl2N3O6/c1-22-31(41)38-29-16-25(11-14-30(29)44-22)20-39(32(42)45-34(2,3)4)18-23-9-8-10-24(15-23)19-40(33(43)46-35(5,6)7)21-26-12-13-27(36)17-28(26)37/h8-17,22H,18-21H2,1-7H3,(H,38,41). The van der Waals surface area contributed by atoms with Gasteiger partial charge >= 0.3 is 12.2 Å². The highest BCUT2D eigenvalue weighted by Crippen LogP contribution is 2.31. The van der Waals surface area contributed by atoms with Gasteiger partial charge in [0.05, 0.1) is 12.2 Å². The van der Waals surface area contributed by atoms with Crippen molar-refractivity contribution in [1.82, 2.24) is 9.80 Å². The lowest BCUT2D eigenvalue weighted by atomic mass is 10.1. The number of halogens is 2. The largest absolute Gasteiger partial charge is 0.479 e. The molecule has 0 aliphatic carbocycles. The topological polar surface area (TPSA) is 97.4 Å². The van der Waals surface area contributed by atoms with Crippen LogP contribution in [0.15, 0.2) is 60.7 Å². The summed E-state index contributed by atoms with van der Waals surface area (Å²) in [6.45, 7) is 13.5. The number of anilines is 1. The Hall–Kier alpha value is -3.95. The van der Waals surface area contributed by atoms with Gasteiger partial charge in [-0.1, -0.05) is 59.6 Å². The van der Waals surface area contributed by atoms with E-state index in [1.165, 1.54) is 0 Å². The first-order valence-corrected chi connectivity index (χ1v) is 15.8. The molecule has 1 atom stereocenters. The molecule has 1 N–H and O–H groups in total. The molecule has 1 heterocycles. The van der Waals surface area contributed by atoms with E-state index in [0.29, 0.717) is 21.5 Å². The van der Waals surface area contributed by atoms with E-state index in [1.54, 1.807) is 47.1 Å². The van der Waals surface area contributed by atoms with Crippen LogP contribution in [-0.4, -0.2) is 45.2 Å². The van der Waals surface area contributed by atoms with Crippen LogP contribution in [0.25, 0.3) is 0 Å². The van der Waals surface area contributed by atoms with Gasteiger partial charge < -0.3 is 19.5 Å². The second-order valence-electron chi connectivity index (χ2n) is 13.3. The van der Waals surface area contributed by atoms with Crippen molar-refractivity contribution in [1.29, 1.82) is 0 Å². The number of rotatable bonds is 8. The number of carbonyl (C=O) groups excluding carboxylic acids is 3. The molecule has 0 saturated heterocycles. The summed E-state index contributed by atoms with van der Waals surface area (Å²) in [5.74, 6) is 0.339. The van der Waals surface area contributed by atoms with Gasteiger partial charge in [-0.05, 0) is 95.0 Å². The van der Waals surface area contributed by atoms with Crippen molar-refractivity contribution >= 4 is 47.0 Å². The zero-order valence-electron chi connectivity index (χ0n) is 27.3. The lowest BCUT2D eigenvalue weighted by Gasteiger charge is -2.29. The molecule has 1 unspecified atom stereocenters. The van der Waals surface area contributed by atoms with Crippen LogP contribution in [0.1, 0.15) is 70.7 Å². The quantitative estimate of drug-likeness (QED) is 0.258. The number of nitrogens with zero attached hydrogens (tertiary/aromatic N) is 2. The molecule has 0 spiro atoms. The van der Waals surface area contributed by atoms with E-state index in [0.717, 1.165) is 22.3 Å². The van der Waals surface area contributed by atoms with Gasteiger partial charge in [-0.3, -0.25) is 14.6 Å². The number of hydrogen-bond acceptors (Lipinski definition) is 6. The van der Waals surface area contributed by atoms with Crippen LogP contribution in [0.4, 0.5) is 15.3 Å². The lowest BCUT2D eigenvalue weighted by molar-refractivity contribution is -0.122. The average Bonchev–Trinajstić information content (AvgIpc) is 2.93. The van der Waals surface area contributed by atoms with E-state index >= 15 is 0 Å². The third kappa shape index (κ3) is 10.0. The lowest BCUT2D eigenvalue weighted by Crippen LogP contribution is -2.37. The van der Waals surface area contributed by atoms with E-state index in [2.05, 4.69) is 5.32 Å². The Morgan fingerprint density at radius 3 is 1.87 bits per heavy atom. The maximum atomic E-state index is 13.4. The number of carbonyl (C=O) groups is 3. The van der Waals surface area contributed by atoms with Gasteiger partial charge in [0.25, 0.3) is 5.91 Å². The highest BCUT2D eigenvalue weighted by Gasteiger charge is 2.27. The van der Waals surface area contributed by atoms with E-state index in [4.69, 9.17) is 37.4 Å². The number of fused-ring (bicyclic) bond motifs is 1. The molecule has 0 saturated carbocycles. The minimum atomic E-state index is -0.707. The van der Waals surface area contributed by atoms with Crippen molar-refractivity contribution < 1.29 is 28.6 Å². The van der Waals surface area contributed by atoms with Crippen molar-refractivity contribution in [3.05, 3.63) is 93.0 Å². The predicted molar refractivity (Wildman–Crippen MR) is 179 cm³/mol. The third-order valence-corrected chi connectivity index (χ3v) is 7.35. The highest BCUT2D eigenvalue weighted by molar-refractivity contribution is 6.35. The maximum Gasteiger partial charge on any atom is 0.410 e. The Balaban J connectivity index is 1.58. The first-order chi connectivity index (χ1) is 21.5. The van der Waals surface area contributed by atoms with Crippen LogP contribution in [0.3, 0.4) is 0 Å². The summed E-state index contributed by atoms with van der Waals surface area (Å²) in [6.07, 6.45) is -1.56. The summed E-state index contributed by atoms with van der Waals surface area (Å²) in [5, 5.41) is 3.81. The monoisotopic (exact) mass is 669 g/mol. The first kappa shape index (κ1) is 34.9. The van der Waals surface area contributed by atoms with Gasteiger partial charge in [0.2, 0.25) is 0 Å². The molecule has 3 aromatic carbocycles. The van der Waals surface area contributed by atoms with Crippen molar-refractivity contribution in [3.8, 4) is 5.75 Å². The second kappa shape index (κ2) is 14.2.